The molecular formula is C13H14N2O. The molecule has 3 N–H and O–H groups in total. The molecule has 0 aliphatic heterocycles. The Kier molecular flexibility index (Phi) is 3.08. The highest BCUT2D eigenvalue weighted by molar-refractivity contribution is 5.73. The molecule has 0 fully saturated rings. The van der Waals surface area contributed by atoms with Gasteiger partial charge in [-0.25, -0.2) is 0 Å². The monoisotopic (exact) mass is 214 g/mol. The predicted octanol–water partition coefficient (Wildman–Crippen LogP) is 2.65. The van der Waals surface area contributed by atoms with E-state index < -0.39 is 0 Å². The van der Waals surface area contributed by atoms with E-state index in [0.717, 1.165) is 22.6 Å². The van der Waals surface area contributed by atoms with Gasteiger partial charge in [-0.05, 0) is 23.8 Å². The van der Waals surface area contributed by atoms with E-state index in [4.69, 9.17) is 10.6 Å². The van der Waals surface area contributed by atoms with Gasteiger partial charge in [0, 0.05) is 11.3 Å². The molecule has 3 nitrogen and oxygen atoms in total. The van der Waals surface area contributed by atoms with Crippen LogP contribution in [0.15, 0.2) is 48.5 Å². The molecule has 0 atom stereocenters. The molecule has 3 heteroatoms. The van der Waals surface area contributed by atoms with Crippen molar-refractivity contribution in [1.29, 1.82) is 0 Å². The van der Waals surface area contributed by atoms with E-state index in [1.54, 1.807) is 7.11 Å². The first-order chi connectivity index (χ1) is 7.85. The third kappa shape index (κ3) is 1.99. The van der Waals surface area contributed by atoms with Gasteiger partial charge in [-0.15, -0.1) is 0 Å². The SMILES string of the molecule is COc1ccccc1-c1cccc(NN)c1. The average molecular weight is 214 g/mol. The number of nitrogen functional groups attached to an aromatic ring is 1. The summed E-state index contributed by atoms with van der Waals surface area (Å²) < 4.78 is 5.32. The maximum atomic E-state index is 5.39. The smallest absolute Gasteiger partial charge is 0.126 e. The number of hydrogen-bond acceptors (Lipinski definition) is 3. The van der Waals surface area contributed by atoms with Crippen molar-refractivity contribution in [3.8, 4) is 16.9 Å². The van der Waals surface area contributed by atoms with Crippen molar-refractivity contribution in [3.63, 3.8) is 0 Å². The highest BCUT2D eigenvalue weighted by atomic mass is 16.5. The summed E-state index contributed by atoms with van der Waals surface area (Å²) in [5, 5.41) is 0. The maximum absolute atomic E-state index is 5.39. The molecule has 2 aromatic carbocycles. The zero-order chi connectivity index (χ0) is 11.4. The van der Waals surface area contributed by atoms with Crippen molar-refractivity contribution >= 4 is 5.69 Å². The Morgan fingerprint density at radius 3 is 2.62 bits per heavy atom. The largest absolute Gasteiger partial charge is 0.496 e. The molecule has 16 heavy (non-hydrogen) atoms. The van der Waals surface area contributed by atoms with Crippen LogP contribution in [0.2, 0.25) is 0 Å². The summed E-state index contributed by atoms with van der Waals surface area (Å²) >= 11 is 0. The van der Waals surface area contributed by atoms with Crippen molar-refractivity contribution in [2.45, 2.75) is 0 Å². The second-order valence-corrected chi connectivity index (χ2v) is 3.43. The molecule has 0 saturated carbocycles. The fourth-order valence-corrected chi connectivity index (χ4v) is 1.66. The molecule has 2 aromatic rings. The number of nitrogens with two attached hydrogens (primary N) is 1. The van der Waals surface area contributed by atoms with Crippen molar-refractivity contribution in [1.82, 2.24) is 0 Å². The van der Waals surface area contributed by atoms with Gasteiger partial charge in [0.2, 0.25) is 0 Å². The first-order valence-corrected chi connectivity index (χ1v) is 5.05. The Morgan fingerprint density at radius 1 is 1.06 bits per heavy atom. The van der Waals surface area contributed by atoms with Crippen LogP contribution >= 0.6 is 0 Å². The molecule has 0 radical (unpaired) electrons. The zero-order valence-corrected chi connectivity index (χ0v) is 9.10. The number of rotatable bonds is 3. The Morgan fingerprint density at radius 2 is 1.88 bits per heavy atom. The van der Waals surface area contributed by atoms with Crippen LogP contribution in [0, 0.1) is 0 Å². The zero-order valence-electron chi connectivity index (χ0n) is 9.10. The normalized spacial score (nSPS) is 9.88. The van der Waals surface area contributed by atoms with Gasteiger partial charge < -0.3 is 10.2 Å². The Balaban J connectivity index is 2.49. The van der Waals surface area contributed by atoms with E-state index in [1.807, 2.05) is 48.5 Å². The number of methoxy groups -OCH3 is 1. The van der Waals surface area contributed by atoms with Gasteiger partial charge in [-0.3, -0.25) is 5.84 Å². The first-order valence-electron chi connectivity index (χ1n) is 5.05. The van der Waals surface area contributed by atoms with Gasteiger partial charge in [0.25, 0.3) is 0 Å². The number of para-hydroxylation sites is 1. The van der Waals surface area contributed by atoms with Gasteiger partial charge >= 0.3 is 0 Å². The topological polar surface area (TPSA) is 47.3 Å². The van der Waals surface area contributed by atoms with Crippen molar-refractivity contribution in [3.05, 3.63) is 48.5 Å². The quantitative estimate of drug-likeness (QED) is 0.610. The van der Waals surface area contributed by atoms with Gasteiger partial charge in [-0.2, -0.15) is 0 Å². The molecule has 0 aliphatic rings. The molecule has 0 bridgehead atoms. The summed E-state index contributed by atoms with van der Waals surface area (Å²) in [5.41, 5.74) is 5.65. The molecule has 2 rings (SSSR count). The maximum Gasteiger partial charge on any atom is 0.126 e. The van der Waals surface area contributed by atoms with Crippen LogP contribution in [-0.2, 0) is 0 Å². The Hall–Kier alpha value is -2.00. The van der Waals surface area contributed by atoms with Crippen LogP contribution < -0.4 is 16.0 Å². The van der Waals surface area contributed by atoms with Crippen LogP contribution in [-0.4, -0.2) is 7.11 Å². The molecule has 0 aliphatic carbocycles. The summed E-state index contributed by atoms with van der Waals surface area (Å²) in [5.74, 6) is 6.24. The lowest BCUT2D eigenvalue weighted by Gasteiger charge is -2.09. The van der Waals surface area contributed by atoms with Gasteiger partial charge in [0.05, 0.1) is 7.11 Å². The lowest BCUT2D eigenvalue weighted by atomic mass is 10.0. The van der Waals surface area contributed by atoms with Gasteiger partial charge in [-0.1, -0.05) is 30.3 Å². The van der Waals surface area contributed by atoms with Crippen LogP contribution in [0.3, 0.4) is 0 Å². The summed E-state index contributed by atoms with van der Waals surface area (Å²) in [7, 11) is 1.67. The molecule has 0 heterocycles. The average Bonchev–Trinajstić information content (AvgIpc) is 2.38. The molecule has 0 saturated heterocycles. The minimum absolute atomic E-state index is 0.858. The number of hydrogen-bond donors (Lipinski definition) is 2. The number of benzene rings is 2. The molecule has 0 amide bonds. The minimum atomic E-state index is 0.858. The Labute approximate surface area is 94.8 Å². The van der Waals surface area contributed by atoms with Crippen LogP contribution in [0.1, 0.15) is 0 Å². The summed E-state index contributed by atoms with van der Waals surface area (Å²) in [6.45, 7) is 0. The van der Waals surface area contributed by atoms with Crippen molar-refractivity contribution in [2.24, 2.45) is 5.84 Å². The van der Waals surface area contributed by atoms with Crippen LogP contribution in [0.5, 0.6) is 5.75 Å². The molecule has 0 spiro atoms. The third-order valence-electron chi connectivity index (χ3n) is 2.45. The van der Waals surface area contributed by atoms with Gasteiger partial charge in [0.1, 0.15) is 5.75 Å². The summed E-state index contributed by atoms with van der Waals surface area (Å²) in [6, 6.07) is 15.8. The summed E-state index contributed by atoms with van der Waals surface area (Å²) in [6.07, 6.45) is 0. The fourth-order valence-electron chi connectivity index (χ4n) is 1.66. The number of ether oxygens (including phenoxy) is 1. The lowest BCUT2D eigenvalue weighted by molar-refractivity contribution is 0.416. The van der Waals surface area contributed by atoms with E-state index in [9.17, 15) is 0 Å². The van der Waals surface area contributed by atoms with Crippen LogP contribution in [0.25, 0.3) is 11.1 Å². The highest BCUT2D eigenvalue weighted by Gasteiger charge is 2.04. The second-order valence-electron chi connectivity index (χ2n) is 3.43. The van der Waals surface area contributed by atoms with E-state index in [0.29, 0.717) is 0 Å². The second kappa shape index (κ2) is 4.68. The van der Waals surface area contributed by atoms with Crippen molar-refractivity contribution < 1.29 is 4.74 Å². The third-order valence-corrected chi connectivity index (χ3v) is 2.45. The van der Waals surface area contributed by atoms with Crippen LogP contribution in [0.4, 0.5) is 5.69 Å². The van der Waals surface area contributed by atoms with E-state index in [-0.39, 0.29) is 0 Å². The standard InChI is InChI=1S/C13H14N2O/c1-16-13-8-3-2-7-12(13)10-5-4-6-11(9-10)15-14/h2-9,15H,14H2,1H3. The lowest BCUT2D eigenvalue weighted by Crippen LogP contribution is -2.06. The highest BCUT2D eigenvalue weighted by Crippen LogP contribution is 2.30. The summed E-state index contributed by atoms with van der Waals surface area (Å²) in [4.78, 5) is 0. The van der Waals surface area contributed by atoms with E-state index in [1.165, 1.54) is 0 Å². The van der Waals surface area contributed by atoms with E-state index in [2.05, 4.69) is 5.43 Å². The minimum Gasteiger partial charge on any atom is -0.496 e. The Bertz CT molecular complexity index is 483. The number of nitrogens with one attached hydrogen (secondary N) is 1. The molecular weight excluding hydrogens is 200 g/mol. The number of anilines is 1. The van der Waals surface area contributed by atoms with Crippen molar-refractivity contribution in [2.75, 3.05) is 12.5 Å². The molecule has 0 aromatic heterocycles. The number of hydrazine groups is 1. The fraction of sp³-hybridized carbons (Fsp3) is 0.0769. The molecule has 82 valence electrons. The molecule has 0 unspecified atom stereocenters. The predicted molar refractivity (Wildman–Crippen MR) is 66.2 cm³/mol. The van der Waals surface area contributed by atoms with Gasteiger partial charge in [0.15, 0.2) is 0 Å². The van der Waals surface area contributed by atoms with E-state index >= 15 is 0 Å². The first kappa shape index (κ1) is 10.5.